The third kappa shape index (κ3) is 32.1. The smallest absolute Gasteiger partial charge is 0.306 e. The van der Waals surface area contributed by atoms with Crippen LogP contribution in [0.1, 0.15) is 149 Å². The normalized spacial score (nSPS) is 14.4. The van der Waals surface area contributed by atoms with Crippen LogP contribution in [0.25, 0.3) is 0 Å². The van der Waals surface area contributed by atoms with Crippen LogP contribution < -0.4 is 4.89 Å². The standard InChI is InChI=1S/C35H70NO11P/c1-6-8-9-10-11-12-13-14-15-16-17-19-22-25-33(37)43-30-32(31-45-48(40,41)44-29-28-36(3,4)5)46-34(38)26-23-20-18-21-24-27-35(47-39)42-7-2/h32,35H,6-31H2,1-5H3,(H-,39,40,41)/t32-,35?/m1/s1. The summed E-state index contributed by atoms with van der Waals surface area (Å²) in [6, 6.07) is 0. The number of carbonyl (C=O) groups is 2. The Morgan fingerprint density at radius 2 is 1.21 bits per heavy atom. The zero-order valence-electron chi connectivity index (χ0n) is 31.0. The molecular formula is C35H70NO11P. The predicted molar refractivity (Wildman–Crippen MR) is 185 cm³/mol. The number of hydrogen-bond donors (Lipinski definition) is 1. The number of nitrogens with zero attached hydrogens (tertiary/aromatic N) is 1. The van der Waals surface area contributed by atoms with Gasteiger partial charge in [0.05, 0.1) is 27.7 Å². The van der Waals surface area contributed by atoms with Crippen molar-refractivity contribution in [3.63, 3.8) is 0 Å². The molecule has 0 aliphatic rings. The Balaban J connectivity index is 4.47. The van der Waals surface area contributed by atoms with Crippen molar-refractivity contribution in [3.8, 4) is 0 Å². The summed E-state index contributed by atoms with van der Waals surface area (Å²) < 4.78 is 38.8. The Labute approximate surface area is 291 Å². The first-order valence-electron chi connectivity index (χ1n) is 18.6. The van der Waals surface area contributed by atoms with E-state index in [4.69, 9.17) is 28.5 Å². The molecule has 2 unspecified atom stereocenters. The molecule has 12 nitrogen and oxygen atoms in total. The van der Waals surface area contributed by atoms with Gasteiger partial charge in [0.15, 0.2) is 12.4 Å². The first-order chi connectivity index (χ1) is 22.9. The van der Waals surface area contributed by atoms with E-state index in [0.717, 1.165) is 38.5 Å². The lowest BCUT2D eigenvalue weighted by Crippen LogP contribution is -2.37. The molecule has 0 heterocycles. The summed E-state index contributed by atoms with van der Waals surface area (Å²) in [6.45, 7) is 4.12. The molecule has 3 atom stereocenters. The van der Waals surface area contributed by atoms with Crippen molar-refractivity contribution in [2.75, 3.05) is 54.1 Å². The molecule has 48 heavy (non-hydrogen) atoms. The highest BCUT2D eigenvalue weighted by Crippen LogP contribution is 2.38. The van der Waals surface area contributed by atoms with Gasteiger partial charge in [-0.15, -0.1) is 0 Å². The molecule has 0 bridgehead atoms. The van der Waals surface area contributed by atoms with Crippen molar-refractivity contribution in [2.24, 2.45) is 0 Å². The van der Waals surface area contributed by atoms with Crippen molar-refractivity contribution in [1.82, 2.24) is 0 Å². The molecule has 0 spiro atoms. The molecule has 0 aromatic heterocycles. The molecule has 286 valence electrons. The van der Waals surface area contributed by atoms with Crippen molar-refractivity contribution in [3.05, 3.63) is 0 Å². The molecule has 0 amide bonds. The maximum Gasteiger partial charge on any atom is 0.306 e. The number of likely N-dealkylation sites (N-methyl/N-ethyl adjacent to an activating group) is 1. The van der Waals surface area contributed by atoms with E-state index in [1.165, 1.54) is 64.2 Å². The molecule has 0 saturated carbocycles. The maximum absolute atomic E-state index is 12.5. The first kappa shape index (κ1) is 46.9. The van der Waals surface area contributed by atoms with Crippen molar-refractivity contribution < 1.29 is 56.9 Å². The summed E-state index contributed by atoms with van der Waals surface area (Å²) in [6.07, 6.45) is 18.9. The van der Waals surface area contributed by atoms with Gasteiger partial charge in [-0.05, 0) is 26.2 Å². The molecule has 1 N–H and O–H groups in total. The molecule has 0 aliphatic heterocycles. The molecule has 0 saturated heterocycles. The van der Waals surface area contributed by atoms with E-state index in [-0.39, 0.29) is 26.1 Å². The predicted octanol–water partition coefficient (Wildman–Crippen LogP) is 7.71. The maximum atomic E-state index is 12.5. The minimum Gasteiger partial charge on any atom is -0.756 e. The fraction of sp³-hybridized carbons (Fsp3) is 0.943. The quantitative estimate of drug-likeness (QED) is 0.0131. The second kappa shape index (κ2) is 30.7. The topological polar surface area (TPSA) is 150 Å². The Kier molecular flexibility index (Phi) is 30.0. The van der Waals surface area contributed by atoms with E-state index in [1.807, 2.05) is 28.1 Å². The van der Waals surface area contributed by atoms with E-state index in [9.17, 15) is 19.0 Å². The average Bonchev–Trinajstić information content (AvgIpc) is 3.02. The zero-order valence-corrected chi connectivity index (χ0v) is 31.9. The summed E-state index contributed by atoms with van der Waals surface area (Å²) in [4.78, 5) is 41.5. The van der Waals surface area contributed by atoms with Gasteiger partial charge in [0, 0.05) is 25.9 Å². The third-order valence-corrected chi connectivity index (χ3v) is 8.90. The molecular weight excluding hydrogens is 641 g/mol. The number of hydrogen-bond acceptors (Lipinski definition) is 11. The summed E-state index contributed by atoms with van der Waals surface area (Å²) in [5.74, 6) is -0.935. The van der Waals surface area contributed by atoms with Crippen LogP contribution in [-0.4, -0.2) is 88.2 Å². The number of quaternary nitrogens is 1. The van der Waals surface area contributed by atoms with Crippen LogP contribution in [0.15, 0.2) is 0 Å². The summed E-state index contributed by atoms with van der Waals surface area (Å²) in [5.41, 5.74) is 0. The second-order valence-electron chi connectivity index (χ2n) is 13.7. The van der Waals surface area contributed by atoms with Gasteiger partial charge >= 0.3 is 11.9 Å². The number of phosphoric ester groups is 1. The molecule has 13 heteroatoms. The highest BCUT2D eigenvalue weighted by molar-refractivity contribution is 7.45. The number of esters is 2. The van der Waals surface area contributed by atoms with Crippen LogP contribution >= 0.6 is 7.82 Å². The summed E-state index contributed by atoms with van der Waals surface area (Å²) >= 11 is 0. The number of unbranched alkanes of at least 4 members (excludes halogenated alkanes) is 16. The molecule has 0 aromatic rings. The van der Waals surface area contributed by atoms with Crippen molar-refractivity contribution in [1.29, 1.82) is 0 Å². The highest BCUT2D eigenvalue weighted by Gasteiger charge is 2.21. The van der Waals surface area contributed by atoms with Gasteiger partial charge in [-0.2, -0.15) is 0 Å². The molecule has 0 aliphatic carbocycles. The first-order valence-corrected chi connectivity index (χ1v) is 20.1. The van der Waals surface area contributed by atoms with E-state index in [0.29, 0.717) is 36.9 Å². The van der Waals surface area contributed by atoms with E-state index in [1.54, 1.807) is 0 Å². The van der Waals surface area contributed by atoms with Gasteiger partial charge < -0.3 is 32.6 Å². The monoisotopic (exact) mass is 711 g/mol. The molecule has 0 rings (SSSR count). The van der Waals surface area contributed by atoms with Crippen LogP contribution in [0.3, 0.4) is 0 Å². The Morgan fingerprint density at radius 3 is 1.71 bits per heavy atom. The number of rotatable bonds is 35. The second-order valence-corrected chi connectivity index (χ2v) is 15.1. The Hall–Kier alpha value is -1.11. The van der Waals surface area contributed by atoms with Gasteiger partial charge in [-0.25, -0.2) is 10.1 Å². The lowest BCUT2D eigenvalue weighted by Gasteiger charge is -2.28. The fourth-order valence-electron chi connectivity index (χ4n) is 5.01. The van der Waals surface area contributed by atoms with Crippen molar-refractivity contribution in [2.45, 2.75) is 161 Å². The van der Waals surface area contributed by atoms with Gasteiger partial charge in [0.2, 0.25) is 0 Å². The number of ether oxygens (including phenoxy) is 3. The molecule has 0 aromatic carbocycles. The van der Waals surface area contributed by atoms with Crippen LogP contribution in [-0.2, 0) is 42.3 Å². The van der Waals surface area contributed by atoms with Gasteiger partial charge in [-0.1, -0.05) is 103 Å². The Morgan fingerprint density at radius 1 is 0.708 bits per heavy atom. The van der Waals surface area contributed by atoms with Crippen LogP contribution in [0, 0.1) is 0 Å². The Bertz CT molecular complexity index is 825. The average molecular weight is 712 g/mol. The van der Waals surface area contributed by atoms with Gasteiger partial charge in [0.25, 0.3) is 7.82 Å². The van der Waals surface area contributed by atoms with E-state index < -0.39 is 38.8 Å². The lowest BCUT2D eigenvalue weighted by molar-refractivity contribution is -0.870. The number of phosphoric acid groups is 1. The summed E-state index contributed by atoms with van der Waals surface area (Å²) in [5, 5.41) is 8.81. The minimum atomic E-state index is -4.64. The van der Waals surface area contributed by atoms with Crippen molar-refractivity contribution >= 4 is 19.8 Å². The summed E-state index contributed by atoms with van der Waals surface area (Å²) in [7, 11) is 1.08. The van der Waals surface area contributed by atoms with Crippen LogP contribution in [0.5, 0.6) is 0 Å². The SMILES string of the molecule is CCCCCCCCCCCCCCCC(=O)OC[C@H](COP(=O)([O-])OCC[N+](C)(C)C)OC(=O)CCCCCCCC(OO)OCC. The van der Waals surface area contributed by atoms with E-state index in [2.05, 4.69) is 11.8 Å². The molecule has 0 radical (unpaired) electrons. The number of carbonyl (C=O) groups excluding carboxylic acids is 2. The van der Waals surface area contributed by atoms with Gasteiger partial charge in [0.1, 0.15) is 19.8 Å². The van der Waals surface area contributed by atoms with Crippen LogP contribution in [0.2, 0.25) is 0 Å². The highest BCUT2D eigenvalue weighted by atomic mass is 31.2. The molecule has 0 fully saturated rings. The van der Waals surface area contributed by atoms with Gasteiger partial charge in [-0.3, -0.25) is 14.2 Å². The fourth-order valence-corrected chi connectivity index (χ4v) is 5.74. The minimum absolute atomic E-state index is 0.0534. The third-order valence-electron chi connectivity index (χ3n) is 7.93. The van der Waals surface area contributed by atoms with Crippen LogP contribution in [0.4, 0.5) is 0 Å². The van der Waals surface area contributed by atoms with E-state index >= 15 is 0 Å². The largest absolute Gasteiger partial charge is 0.756 e. The zero-order chi connectivity index (χ0) is 35.9. The lowest BCUT2D eigenvalue weighted by atomic mass is 10.0.